The Morgan fingerprint density at radius 3 is 2.84 bits per heavy atom. The summed E-state index contributed by atoms with van der Waals surface area (Å²) in [7, 11) is 3.73. The molecule has 1 aromatic heterocycles. The highest BCUT2D eigenvalue weighted by atomic mass is 19.1. The van der Waals surface area contributed by atoms with Gasteiger partial charge in [-0.2, -0.15) is 0 Å². The molecule has 134 valence electrons. The zero-order valence-electron chi connectivity index (χ0n) is 14.4. The van der Waals surface area contributed by atoms with Crippen molar-refractivity contribution in [3.05, 3.63) is 53.5 Å². The van der Waals surface area contributed by atoms with Gasteiger partial charge in [0.05, 0.1) is 25.9 Å². The Balaban J connectivity index is 1.63. The first-order valence-electron chi connectivity index (χ1n) is 8.24. The third kappa shape index (κ3) is 4.64. The number of nitrogens with zero attached hydrogens (tertiary/aromatic N) is 3. The van der Waals surface area contributed by atoms with E-state index in [0.717, 1.165) is 5.56 Å². The lowest BCUT2D eigenvalue weighted by atomic mass is 10.1. The number of carbonyl (C=O) groups is 1. The van der Waals surface area contributed by atoms with E-state index in [9.17, 15) is 9.18 Å². The second-order valence-electron chi connectivity index (χ2n) is 6.41. The van der Waals surface area contributed by atoms with Crippen molar-refractivity contribution in [1.29, 1.82) is 0 Å². The molecule has 0 saturated carbocycles. The number of halogens is 1. The minimum atomic E-state index is -0.359. The fourth-order valence-corrected chi connectivity index (χ4v) is 2.75. The fraction of sp³-hybridized carbons (Fsp3) is 0.444. The number of rotatable bonds is 5. The van der Waals surface area contributed by atoms with Crippen molar-refractivity contribution in [1.82, 2.24) is 14.8 Å². The molecule has 1 aliphatic rings. The standard InChI is InChI=1S/C18H22FN3O3/c1-21(2)12-17(23)22-7-8-24-16(11-22)18-20-10-15(25-18)9-13-3-5-14(19)6-4-13/h3-6,10,16H,7-9,11-12H2,1-2H3/t16-/m0/s1. The van der Waals surface area contributed by atoms with Gasteiger partial charge in [0.25, 0.3) is 0 Å². The van der Waals surface area contributed by atoms with Gasteiger partial charge in [0, 0.05) is 13.0 Å². The molecule has 1 atom stereocenters. The van der Waals surface area contributed by atoms with Crippen LogP contribution in [0.4, 0.5) is 4.39 Å². The van der Waals surface area contributed by atoms with E-state index in [1.807, 2.05) is 19.0 Å². The number of oxazole rings is 1. The molecular formula is C18H22FN3O3. The van der Waals surface area contributed by atoms with Crippen molar-refractivity contribution in [2.45, 2.75) is 12.5 Å². The van der Waals surface area contributed by atoms with Gasteiger partial charge in [0.2, 0.25) is 11.8 Å². The van der Waals surface area contributed by atoms with E-state index in [1.165, 1.54) is 12.1 Å². The number of benzene rings is 1. The van der Waals surface area contributed by atoms with Crippen LogP contribution in [0.3, 0.4) is 0 Å². The number of hydrogen-bond acceptors (Lipinski definition) is 5. The quantitative estimate of drug-likeness (QED) is 0.826. The topological polar surface area (TPSA) is 58.8 Å². The summed E-state index contributed by atoms with van der Waals surface area (Å²) in [5.41, 5.74) is 0.941. The van der Waals surface area contributed by atoms with Crippen molar-refractivity contribution in [2.24, 2.45) is 0 Å². The van der Waals surface area contributed by atoms with E-state index in [1.54, 1.807) is 23.2 Å². The average molecular weight is 347 g/mol. The van der Waals surface area contributed by atoms with E-state index in [-0.39, 0.29) is 17.8 Å². The molecule has 1 fully saturated rings. The molecule has 0 aliphatic carbocycles. The Morgan fingerprint density at radius 2 is 2.12 bits per heavy atom. The van der Waals surface area contributed by atoms with E-state index < -0.39 is 0 Å². The highest BCUT2D eigenvalue weighted by molar-refractivity contribution is 5.78. The molecule has 1 saturated heterocycles. The largest absolute Gasteiger partial charge is 0.442 e. The molecule has 0 radical (unpaired) electrons. The van der Waals surface area contributed by atoms with Crippen LogP contribution in [0.2, 0.25) is 0 Å². The molecule has 7 heteroatoms. The number of aromatic nitrogens is 1. The zero-order valence-corrected chi connectivity index (χ0v) is 14.4. The minimum absolute atomic E-state index is 0.0661. The van der Waals surface area contributed by atoms with Gasteiger partial charge in [-0.3, -0.25) is 4.79 Å². The second-order valence-corrected chi connectivity index (χ2v) is 6.41. The van der Waals surface area contributed by atoms with Crippen LogP contribution in [0, 0.1) is 5.82 Å². The van der Waals surface area contributed by atoms with Crippen LogP contribution in [0.1, 0.15) is 23.3 Å². The maximum absolute atomic E-state index is 13.0. The summed E-state index contributed by atoms with van der Waals surface area (Å²) in [6.45, 7) is 1.84. The van der Waals surface area contributed by atoms with Crippen molar-refractivity contribution in [2.75, 3.05) is 40.3 Å². The molecule has 2 aromatic rings. The average Bonchev–Trinajstić information content (AvgIpc) is 3.05. The first-order valence-corrected chi connectivity index (χ1v) is 8.24. The van der Waals surface area contributed by atoms with Crippen molar-refractivity contribution < 1.29 is 18.3 Å². The molecule has 6 nitrogen and oxygen atoms in total. The lowest BCUT2D eigenvalue weighted by molar-refractivity contribution is -0.140. The van der Waals surface area contributed by atoms with Gasteiger partial charge >= 0.3 is 0 Å². The Hall–Kier alpha value is -2.25. The molecule has 1 aromatic carbocycles. The Labute approximate surface area is 146 Å². The Morgan fingerprint density at radius 1 is 1.36 bits per heavy atom. The van der Waals surface area contributed by atoms with Crippen LogP contribution in [-0.2, 0) is 16.0 Å². The monoisotopic (exact) mass is 347 g/mol. The molecule has 1 aliphatic heterocycles. The Kier molecular flexibility index (Phi) is 5.45. The van der Waals surface area contributed by atoms with Crippen LogP contribution in [0.5, 0.6) is 0 Å². The van der Waals surface area contributed by atoms with Gasteiger partial charge in [-0.05, 0) is 31.8 Å². The summed E-state index contributed by atoms with van der Waals surface area (Å²) in [5.74, 6) is 0.956. The highest BCUT2D eigenvalue weighted by Gasteiger charge is 2.28. The molecule has 1 amide bonds. The number of amides is 1. The summed E-state index contributed by atoms with van der Waals surface area (Å²) < 4.78 is 24.5. The summed E-state index contributed by atoms with van der Waals surface area (Å²) in [6, 6.07) is 6.28. The fourth-order valence-electron chi connectivity index (χ4n) is 2.75. The molecule has 0 N–H and O–H groups in total. The number of carbonyl (C=O) groups excluding carboxylic acids is 1. The molecule has 3 rings (SSSR count). The lowest BCUT2D eigenvalue weighted by Crippen LogP contribution is -2.45. The lowest BCUT2D eigenvalue weighted by Gasteiger charge is -2.32. The van der Waals surface area contributed by atoms with Gasteiger partial charge < -0.3 is 19.0 Å². The van der Waals surface area contributed by atoms with E-state index in [4.69, 9.17) is 9.15 Å². The van der Waals surface area contributed by atoms with E-state index >= 15 is 0 Å². The van der Waals surface area contributed by atoms with Gasteiger partial charge in [-0.15, -0.1) is 0 Å². The maximum atomic E-state index is 13.0. The van der Waals surface area contributed by atoms with E-state index in [2.05, 4.69) is 4.98 Å². The van der Waals surface area contributed by atoms with Gasteiger partial charge in [0.1, 0.15) is 11.6 Å². The third-order valence-corrected chi connectivity index (χ3v) is 4.01. The summed E-state index contributed by atoms with van der Waals surface area (Å²) in [4.78, 5) is 20.1. The molecule has 2 heterocycles. The van der Waals surface area contributed by atoms with E-state index in [0.29, 0.717) is 44.3 Å². The predicted octanol–water partition coefficient (Wildman–Crippen LogP) is 1.87. The first-order chi connectivity index (χ1) is 12.0. The van der Waals surface area contributed by atoms with Gasteiger partial charge in [-0.25, -0.2) is 9.37 Å². The predicted molar refractivity (Wildman–Crippen MR) is 89.5 cm³/mol. The molecular weight excluding hydrogens is 325 g/mol. The SMILES string of the molecule is CN(C)CC(=O)N1CCO[C@H](c2ncc(Cc3ccc(F)cc3)o2)C1. The van der Waals surface area contributed by atoms with Crippen LogP contribution in [0.15, 0.2) is 34.9 Å². The van der Waals surface area contributed by atoms with Gasteiger partial charge in [0.15, 0.2) is 6.10 Å². The van der Waals surface area contributed by atoms with Crippen LogP contribution in [0.25, 0.3) is 0 Å². The van der Waals surface area contributed by atoms with Crippen molar-refractivity contribution in [3.8, 4) is 0 Å². The molecule has 0 unspecified atom stereocenters. The highest BCUT2D eigenvalue weighted by Crippen LogP contribution is 2.23. The summed E-state index contributed by atoms with van der Waals surface area (Å²) in [6.07, 6.45) is 1.83. The minimum Gasteiger partial charge on any atom is -0.442 e. The van der Waals surface area contributed by atoms with Crippen molar-refractivity contribution >= 4 is 5.91 Å². The van der Waals surface area contributed by atoms with Gasteiger partial charge in [-0.1, -0.05) is 12.1 Å². The zero-order chi connectivity index (χ0) is 17.8. The number of likely N-dealkylation sites (N-methyl/N-ethyl adjacent to an activating group) is 1. The summed E-state index contributed by atoms with van der Waals surface area (Å²) >= 11 is 0. The summed E-state index contributed by atoms with van der Waals surface area (Å²) in [5, 5.41) is 0. The maximum Gasteiger partial charge on any atom is 0.236 e. The van der Waals surface area contributed by atoms with Crippen LogP contribution < -0.4 is 0 Å². The normalized spacial score (nSPS) is 17.9. The Bertz CT molecular complexity index is 715. The molecule has 25 heavy (non-hydrogen) atoms. The van der Waals surface area contributed by atoms with Crippen LogP contribution >= 0.6 is 0 Å². The van der Waals surface area contributed by atoms with Crippen LogP contribution in [-0.4, -0.2) is 61.0 Å². The number of ether oxygens (including phenoxy) is 1. The molecule has 0 bridgehead atoms. The number of morpholine rings is 1. The first kappa shape index (κ1) is 17.6. The van der Waals surface area contributed by atoms with Crippen molar-refractivity contribution in [3.63, 3.8) is 0 Å². The third-order valence-electron chi connectivity index (χ3n) is 4.01. The number of hydrogen-bond donors (Lipinski definition) is 0. The second kappa shape index (κ2) is 7.76. The smallest absolute Gasteiger partial charge is 0.236 e. The molecule has 0 spiro atoms.